The normalized spacial score (nSPS) is 18.3. The third-order valence-electron chi connectivity index (χ3n) is 4.23. The van der Waals surface area contributed by atoms with Crippen LogP contribution in [0.1, 0.15) is 17.2 Å². The van der Waals surface area contributed by atoms with Crippen LogP contribution in [0.2, 0.25) is 5.02 Å². The molecule has 0 radical (unpaired) electrons. The molecule has 26 heavy (non-hydrogen) atoms. The van der Waals surface area contributed by atoms with Gasteiger partial charge in [0.1, 0.15) is 12.4 Å². The number of amides is 2. The fourth-order valence-electron chi connectivity index (χ4n) is 2.99. The van der Waals surface area contributed by atoms with Crippen molar-refractivity contribution in [2.75, 3.05) is 25.6 Å². The van der Waals surface area contributed by atoms with Gasteiger partial charge < -0.3 is 25.2 Å². The molecular formula is C19H21ClN2O4. The van der Waals surface area contributed by atoms with Crippen LogP contribution in [0.3, 0.4) is 0 Å². The fraction of sp³-hybridized carbons (Fsp3) is 0.316. The SMILES string of the molecule is COCCOc1ccc(NC(=O)N[C@H]2c3ccccc3C[C@H]2O)cc1Cl. The number of hydrogen-bond acceptors (Lipinski definition) is 4. The van der Waals surface area contributed by atoms with Crippen molar-refractivity contribution >= 4 is 23.3 Å². The number of carbonyl (C=O) groups excluding carboxylic acids is 1. The highest BCUT2D eigenvalue weighted by Gasteiger charge is 2.31. The van der Waals surface area contributed by atoms with E-state index in [-0.39, 0.29) is 0 Å². The van der Waals surface area contributed by atoms with E-state index in [0.717, 1.165) is 11.1 Å². The van der Waals surface area contributed by atoms with Crippen molar-refractivity contribution in [2.24, 2.45) is 0 Å². The Morgan fingerprint density at radius 1 is 1.27 bits per heavy atom. The molecule has 0 saturated carbocycles. The van der Waals surface area contributed by atoms with Gasteiger partial charge >= 0.3 is 6.03 Å². The van der Waals surface area contributed by atoms with Crippen LogP contribution in [0, 0.1) is 0 Å². The molecule has 0 aliphatic heterocycles. The maximum absolute atomic E-state index is 12.3. The Balaban J connectivity index is 1.61. The molecule has 3 N–H and O–H groups in total. The number of halogens is 1. The predicted octanol–water partition coefficient (Wildman–Crippen LogP) is 3.15. The average molecular weight is 377 g/mol. The Labute approximate surface area is 157 Å². The van der Waals surface area contributed by atoms with Crippen molar-refractivity contribution in [2.45, 2.75) is 18.6 Å². The highest BCUT2D eigenvalue weighted by Crippen LogP contribution is 2.31. The lowest BCUT2D eigenvalue weighted by Crippen LogP contribution is -2.36. The molecule has 138 valence electrons. The van der Waals surface area contributed by atoms with E-state index in [2.05, 4.69) is 10.6 Å². The van der Waals surface area contributed by atoms with Crippen LogP contribution in [-0.4, -0.2) is 37.6 Å². The van der Waals surface area contributed by atoms with Crippen molar-refractivity contribution in [3.63, 3.8) is 0 Å². The quantitative estimate of drug-likeness (QED) is 0.677. The molecule has 1 aliphatic rings. The van der Waals surface area contributed by atoms with Crippen molar-refractivity contribution in [3.05, 3.63) is 58.6 Å². The number of fused-ring (bicyclic) bond motifs is 1. The second kappa shape index (κ2) is 8.40. The van der Waals surface area contributed by atoms with Gasteiger partial charge in [-0.1, -0.05) is 35.9 Å². The molecule has 2 atom stereocenters. The number of rotatable bonds is 6. The molecule has 0 fully saturated rings. The molecule has 2 aromatic carbocycles. The molecule has 0 saturated heterocycles. The molecule has 0 bridgehead atoms. The molecule has 7 heteroatoms. The van der Waals surface area contributed by atoms with Crippen molar-refractivity contribution in [3.8, 4) is 5.75 Å². The van der Waals surface area contributed by atoms with Gasteiger partial charge in [-0.25, -0.2) is 4.79 Å². The van der Waals surface area contributed by atoms with E-state index < -0.39 is 18.2 Å². The Hall–Kier alpha value is -2.28. The first-order valence-electron chi connectivity index (χ1n) is 8.33. The van der Waals surface area contributed by atoms with E-state index in [9.17, 15) is 9.90 Å². The first-order chi connectivity index (χ1) is 12.6. The number of aliphatic hydroxyl groups excluding tert-OH is 1. The number of nitrogens with one attached hydrogen (secondary N) is 2. The van der Waals surface area contributed by atoms with Crippen LogP contribution in [0.25, 0.3) is 0 Å². The standard InChI is InChI=1S/C19H21ClN2O4/c1-25-8-9-26-17-7-6-13(11-15(17)20)21-19(24)22-18-14-5-3-2-4-12(14)10-16(18)23/h2-7,11,16,18,23H,8-10H2,1H3,(H2,21,22,24)/t16-,18+/m1/s1. The number of aliphatic hydroxyl groups is 1. The molecule has 0 unspecified atom stereocenters. The highest BCUT2D eigenvalue weighted by atomic mass is 35.5. The summed E-state index contributed by atoms with van der Waals surface area (Å²) in [4.78, 5) is 12.3. The van der Waals surface area contributed by atoms with Gasteiger partial charge in [-0.3, -0.25) is 0 Å². The zero-order valence-corrected chi connectivity index (χ0v) is 15.1. The second-order valence-electron chi connectivity index (χ2n) is 6.03. The Kier molecular flexibility index (Phi) is 5.98. The number of benzene rings is 2. The third-order valence-corrected chi connectivity index (χ3v) is 4.52. The van der Waals surface area contributed by atoms with Gasteiger partial charge in [0.15, 0.2) is 0 Å². The summed E-state index contributed by atoms with van der Waals surface area (Å²) < 4.78 is 10.4. The first-order valence-corrected chi connectivity index (χ1v) is 8.71. The van der Waals surface area contributed by atoms with Gasteiger partial charge in [0.25, 0.3) is 0 Å². The number of carbonyl (C=O) groups is 1. The predicted molar refractivity (Wildman–Crippen MR) is 99.9 cm³/mol. The summed E-state index contributed by atoms with van der Waals surface area (Å²) in [5.41, 5.74) is 2.52. The van der Waals surface area contributed by atoms with E-state index in [1.165, 1.54) is 0 Å². The summed E-state index contributed by atoms with van der Waals surface area (Å²) in [5.74, 6) is 0.523. The Bertz CT molecular complexity index is 784. The minimum atomic E-state index is -0.640. The van der Waals surface area contributed by atoms with Crippen LogP contribution < -0.4 is 15.4 Å². The maximum atomic E-state index is 12.3. The van der Waals surface area contributed by atoms with E-state index in [1.54, 1.807) is 25.3 Å². The number of ether oxygens (including phenoxy) is 2. The molecule has 0 aromatic heterocycles. The molecule has 0 heterocycles. The van der Waals surface area contributed by atoms with Gasteiger partial charge in [0.05, 0.1) is 23.8 Å². The summed E-state index contributed by atoms with van der Waals surface area (Å²) in [6.45, 7) is 0.854. The summed E-state index contributed by atoms with van der Waals surface area (Å²) in [6, 6.07) is 11.9. The third kappa shape index (κ3) is 4.27. The van der Waals surface area contributed by atoms with Gasteiger partial charge in [-0.05, 0) is 29.3 Å². The summed E-state index contributed by atoms with van der Waals surface area (Å²) in [5, 5.41) is 16.2. The fourth-order valence-corrected chi connectivity index (χ4v) is 3.22. The Morgan fingerprint density at radius 2 is 2.08 bits per heavy atom. The lowest BCUT2D eigenvalue weighted by Gasteiger charge is -2.18. The lowest BCUT2D eigenvalue weighted by molar-refractivity contribution is 0.144. The first kappa shape index (κ1) is 18.5. The minimum absolute atomic E-state index is 0.391. The number of anilines is 1. The van der Waals surface area contributed by atoms with Gasteiger partial charge in [0.2, 0.25) is 0 Å². The molecular weight excluding hydrogens is 356 g/mol. The van der Waals surface area contributed by atoms with Gasteiger partial charge in [0, 0.05) is 19.2 Å². The van der Waals surface area contributed by atoms with Crippen LogP contribution in [-0.2, 0) is 11.2 Å². The van der Waals surface area contributed by atoms with Crippen molar-refractivity contribution in [1.29, 1.82) is 0 Å². The van der Waals surface area contributed by atoms with Crippen LogP contribution in [0.15, 0.2) is 42.5 Å². The lowest BCUT2D eigenvalue weighted by atomic mass is 10.1. The van der Waals surface area contributed by atoms with Gasteiger partial charge in [-0.15, -0.1) is 0 Å². The molecule has 0 spiro atoms. The van der Waals surface area contributed by atoms with Gasteiger partial charge in [-0.2, -0.15) is 0 Å². The Morgan fingerprint density at radius 3 is 2.85 bits per heavy atom. The molecule has 3 rings (SSSR count). The topological polar surface area (TPSA) is 79.8 Å². The summed E-state index contributed by atoms with van der Waals surface area (Å²) in [7, 11) is 1.59. The number of hydrogen-bond donors (Lipinski definition) is 3. The number of methoxy groups -OCH3 is 1. The molecule has 6 nitrogen and oxygen atoms in total. The maximum Gasteiger partial charge on any atom is 0.319 e. The van der Waals surface area contributed by atoms with Crippen molar-refractivity contribution in [1.82, 2.24) is 5.32 Å². The van der Waals surface area contributed by atoms with E-state index in [0.29, 0.717) is 36.1 Å². The molecule has 1 aliphatic carbocycles. The van der Waals surface area contributed by atoms with Crippen LogP contribution in [0.5, 0.6) is 5.75 Å². The number of urea groups is 1. The molecule has 2 amide bonds. The smallest absolute Gasteiger partial charge is 0.319 e. The zero-order valence-electron chi connectivity index (χ0n) is 14.4. The minimum Gasteiger partial charge on any atom is -0.490 e. The summed E-state index contributed by atoms with van der Waals surface area (Å²) in [6.07, 6.45) is -0.112. The second-order valence-corrected chi connectivity index (χ2v) is 6.44. The van der Waals surface area contributed by atoms with E-state index >= 15 is 0 Å². The molecule has 2 aromatic rings. The zero-order chi connectivity index (χ0) is 18.5. The highest BCUT2D eigenvalue weighted by molar-refractivity contribution is 6.32. The largest absolute Gasteiger partial charge is 0.490 e. The average Bonchev–Trinajstić information content (AvgIpc) is 2.92. The van der Waals surface area contributed by atoms with E-state index in [1.807, 2.05) is 24.3 Å². The van der Waals surface area contributed by atoms with Crippen LogP contribution >= 0.6 is 11.6 Å². The van der Waals surface area contributed by atoms with E-state index in [4.69, 9.17) is 21.1 Å². The van der Waals surface area contributed by atoms with Crippen molar-refractivity contribution < 1.29 is 19.4 Å². The summed E-state index contributed by atoms with van der Waals surface area (Å²) >= 11 is 6.17. The monoisotopic (exact) mass is 376 g/mol. The van der Waals surface area contributed by atoms with Crippen LogP contribution in [0.4, 0.5) is 10.5 Å².